The smallest absolute Gasteiger partial charge is 0.0686 e. The summed E-state index contributed by atoms with van der Waals surface area (Å²) in [7, 11) is 0. The molecule has 3 aromatic carbocycles. The van der Waals surface area contributed by atoms with Gasteiger partial charge in [-0.2, -0.15) is 0 Å². The average Bonchev–Trinajstić information content (AvgIpc) is 2.95. The molecule has 2 N–H and O–H groups in total. The van der Waals surface area contributed by atoms with Crippen molar-refractivity contribution in [3.63, 3.8) is 0 Å². The number of halogens is 1. The van der Waals surface area contributed by atoms with Crippen LogP contribution in [-0.4, -0.2) is 4.57 Å². The van der Waals surface area contributed by atoms with Gasteiger partial charge in [0.2, 0.25) is 0 Å². The summed E-state index contributed by atoms with van der Waals surface area (Å²) in [4.78, 5) is 0. The number of nitrogens with zero attached hydrogens (tertiary/aromatic N) is 1. The third-order valence-corrected chi connectivity index (χ3v) is 4.29. The van der Waals surface area contributed by atoms with Crippen molar-refractivity contribution < 1.29 is 0 Å². The molecule has 0 amide bonds. The Kier molecular flexibility index (Phi) is 3.32. The van der Waals surface area contributed by atoms with Crippen LogP contribution in [0.5, 0.6) is 0 Å². The van der Waals surface area contributed by atoms with E-state index in [1.54, 1.807) is 0 Å². The zero-order valence-corrected chi connectivity index (χ0v) is 13.2. The van der Waals surface area contributed by atoms with Crippen LogP contribution in [0.2, 0.25) is 5.02 Å². The van der Waals surface area contributed by atoms with Crippen LogP contribution < -0.4 is 5.73 Å². The third-order valence-electron chi connectivity index (χ3n) is 4.04. The van der Waals surface area contributed by atoms with Crippen molar-refractivity contribution in [2.75, 3.05) is 5.73 Å². The molecule has 0 saturated heterocycles. The Bertz CT molecular complexity index is 984. The SMILES string of the molecule is Nc1ccccc1-n1cc2ccccc2c1-c1ccc(Cl)cc1. The van der Waals surface area contributed by atoms with Crippen LogP contribution in [0.3, 0.4) is 0 Å². The summed E-state index contributed by atoms with van der Waals surface area (Å²) in [5.41, 5.74) is 10.2. The van der Waals surface area contributed by atoms with Crippen molar-refractivity contribution in [1.29, 1.82) is 0 Å². The highest BCUT2D eigenvalue weighted by atomic mass is 35.5. The predicted octanol–water partition coefficient (Wildman–Crippen LogP) is 5.53. The van der Waals surface area contributed by atoms with E-state index in [2.05, 4.69) is 29.0 Å². The lowest BCUT2D eigenvalue weighted by Crippen LogP contribution is -2.00. The molecule has 0 unspecified atom stereocenters. The molecule has 2 nitrogen and oxygen atoms in total. The molecule has 4 aromatic rings. The Morgan fingerprint density at radius 3 is 2.26 bits per heavy atom. The quantitative estimate of drug-likeness (QED) is 0.484. The Morgan fingerprint density at radius 1 is 0.783 bits per heavy atom. The van der Waals surface area contributed by atoms with Crippen molar-refractivity contribution in [3.8, 4) is 16.9 Å². The Labute approximate surface area is 139 Å². The zero-order valence-electron chi connectivity index (χ0n) is 12.4. The average molecular weight is 319 g/mol. The summed E-state index contributed by atoms with van der Waals surface area (Å²) in [6, 6.07) is 24.2. The van der Waals surface area contributed by atoms with Gasteiger partial charge in [-0.3, -0.25) is 0 Å². The first-order valence-corrected chi connectivity index (χ1v) is 7.83. The number of hydrogen-bond acceptors (Lipinski definition) is 1. The Balaban J connectivity index is 2.06. The largest absolute Gasteiger partial charge is 0.397 e. The molecule has 0 fully saturated rings. The summed E-state index contributed by atoms with van der Waals surface area (Å²) in [6.45, 7) is 0. The molecule has 0 radical (unpaired) electrons. The van der Waals surface area contributed by atoms with Gasteiger partial charge in [0.15, 0.2) is 0 Å². The molecule has 3 heteroatoms. The van der Waals surface area contributed by atoms with E-state index in [1.165, 1.54) is 10.8 Å². The molecule has 0 aliphatic carbocycles. The second-order valence-corrected chi connectivity index (χ2v) is 5.94. The molecule has 1 aromatic heterocycles. The fraction of sp³-hybridized carbons (Fsp3) is 0. The van der Waals surface area contributed by atoms with Crippen LogP contribution in [-0.2, 0) is 0 Å². The van der Waals surface area contributed by atoms with E-state index in [9.17, 15) is 0 Å². The highest BCUT2D eigenvalue weighted by Gasteiger charge is 2.13. The van der Waals surface area contributed by atoms with E-state index >= 15 is 0 Å². The van der Waals surface area contributed by atoms with E-state index in [4.69, 9.17) is 17.3 Å². The Hall–Kier alpha value is -2.71. The second kappa shape index (κ2) is 5.49. The first-order chi connectivity index (χ1) is 11.2. The Morgan fingerprint density at radius 2 is 1.48 bits per heavy atom. The maximum Gasteiger partial charge on any atom is 0.0686 e. The standard InChI is InChI=1S/C20H15ClN2/c21-16-11-9-14(10-12-16)20-17-6-2-1-5-15(17)13-23(20)19-8-4-3-7-18(19)22/h1-13H,22H2. The summed E-state index contributed by atoms with van der Waals surface area (Å²) in [5.74, 6) is 0. The molecule has 112 valence electrons. The highest BCUT2D eigenvalue weighted by molar-refractivity contribution is 6.30. The summed E-state index contributed by atoms with van der Waals surface area (Å²) >= 11 is 6.05. The van der Waals surface area contributed by atoms with Gasteiger partial charge in [-0.1, -0.05) is 60.1 Å². The van der Waals surface area contributed by atoms with Crippen LogP contribution >= 0.6 is 11.6 Å². The molecule has 0 atom stereocenters. The van der Waals surface area contributed by atoms with Crippen LogP contribution in [0.1, 0.15) is 0 Å². The topological polar surface area (TPSA) is 30.9 Å². The molecule has 0 saturated carbocycles. The van der Waals surface area contributed by atoms with Gasteiger partial charge in [0, 0.05) is 22.0 Å². The minimum absolute atomic E-state index is 0.732. The number of rotatable bonds is 2. The summed E-state index contributed by atoms with van der Waals surface area (Å²) < 4.78 is 2.16. The van der Waals surface area contributed by atoms with Gasteiger partial charge in [-0.05, 0) is 29.8 Å². The van der Waals surface area contributed by atoms with Crippen LogP contribution in [0.4, 0.5) is 5.69 Å². The highest BCUT2D eigenvalue weighted by Crippen LogP contribution is 2.35. The minimum Gasteiger partial charge on any atom is -0.397 e. The van der Waals surface area contributed by atoms with Gasteiger partial charge >= 0.3 is 0 Å². The van der Waals surface area contributed by atoms with Crippen molar-refractivity contribution in [1.82, 2.24) is 4.57 Å². The number of nitrogen functional groups attached to an aromatic ring is 1. The van der Waals surface area contributed by atoms with Crippen LogP contribution in [0.15, 0.2) is 79.0 Å². The molecule has 0 spiro atoms. The van der Waals surface area contributed by atoms with E-state index in [0.29, 0.717) is 0 Å². The molecule has 0 bridgehead atoms. The number of nitrogens with two attached hydrogens (primary N) is 1. The zero-order chi connectivity index (χ0) is 15.8. The number of benzene rings is 3. The van der Waals surface area contributed by atoms with Crippen molar-refractivity contribution in [2.24, 2.45) is 0 Å². The van der Waals surface area contributed by atoms with E-state index in [0.717, 1.165) is 27.7 Å². The molecule has 23 heavy (non-hydrogen) atoms. The number of aromatic nitrogens is 1. The van der Waals surface area contributed by atoms with E-state index in [-0.39, 0.29) is 0 Å². The van der Waals surface area contributed by atoms with E-state index < -0.39 is 0 Å². The van der Waals surface area contributed by atoms with Gasteiger partial charge in [0.1, 0.15) is 0 Å². The lowest BCUT2D eigenvalue weighted by molar-refractivity contribution is 1.10. The lowest BCUT2D eigenvalue weighted by atomic mass is 10.1. The van der Waals surface area contributed by atoms with Crippen molar-refractivity contribution >= 4 is 28.1 Å². The molecule has 0 aliphatic heterocycles. The summed E-state index contributed by atoms with van der Waals surface area (Å²) in [5, 5.41) is 3.11. The number of fused-ring (bicyclic) bond motifs is 1. The van der Waals surface area contributed by atoms with Gasteiger partial charge in [-0.25, -0.2) is 0 Å². The summed E-state index contributed by atoms with van der Waals surface area (Å²) in [6.07, 6.45) is 2.13. The molecule has 0 aliphatic rings. The minimum atomic E-state index is 0.732. The monoisotopic (exact) mass is 318 g/mol. The number of anilines is 1. The molecular weight excluding hydrogens is 304 g/mol. The van der Waals surface area contributed by atoms with Crippen molar-refractivity contribution in [2.45, 2.75) is 0 Å². The van der Waals surface area contributed by atoms with Crippen molar-refractivity contribution in [3.05, 3.63) is 84.0 Å². The fourth-order valence-corrected chi connectivity index (χ4v) is 3.08. The maximum atomic E-state index is 6.20. The maximum absolute atomic E-state index is 6.20. The molecule has 1 heterocycles. The van der Waals surface area contributed by atoms with Crippen LogP contribution in [0.25, 0.3) is 27.7 Å². The van der Waals surface area contributed by atoms with Crippen LogP contribution in [0, 0.1) is 0 Å². The number of para-hydroxylation sites is 2. The third kappa shape index (κ3) is 2.37. The molecule has 4 rings (SSSR count). The van der Waals surface area contributed by atoms with Gasteiger partial charge in [0.25, 0.3) is 0 Å². The van der Waals surface area contributed by atoms with E-state index in [1.807, 2.05) is 54.6 Å². The fourth-order valence-electron chi connectivity index (χ4n) is 2.96. The van der Waals surface area contributed by atoms with Gasteiger partial charge in [-0.15, -0.1) is 0 Å². The first-order valence-electron chi connectivity index (χ1n) is 7.45. The molecular formula is C20H15ClN2. The van der Waals surface area contributed by atoms with Gasteiger partial charge in [0.05, 0.1) is 17.1 Å². The lowest BCUT2D eigenvalue weighted by Gasteiger charge is -2.12. The normalized spacial score (nSPS) is 11.0. The predicted molar refractivity (Wildman–Crippen MR) is 98.1 cm³/mol. The first kappa shape index (κ1) is 13.9. The van der Waals surface area contributed by atoms with Gasteiger partial charge < -0.3 is 10.3 Å². The second-order valence-electron chi connectivity index (χ2n) is 5.50. The number of hydrogen-bond donors (Lipinski definition) is 1.